The molecule has 3 heterocycles. The molecule has 1 atom stereocenters. The summed E-state index contributed by atoms with van der Waals surface area (Å²) in [4.78, 5) is 10.8. The van der Waals surface area contributed by atoms with Crippen LogP contribution in [0.25, 0.3) is 11.0 Å². The van der Waals surface area contributed by atoms with Crippen molar-refractivity contribution in [1.82, 2.24) is 24.6 Å². The second-order valence-corrected chi connectivity index (χ2v) is 10.5. The average Bonchev–Trinajstić information content (AvgIpc) is 3.02. The number of halogens is 3. The maximum Gasteiger partial charge on any atom is 0.165 e. The molecule has 32 heavy (non-hydrogen) atoms. The zero-order chi connectivity index (χ0) is 23.4. The molecule has 3 aromatic rings. The second-order valence-electron chi connectivity index (χ2n) is 9.08. The molecule has 2 aromatic heterocycles. The molecular formula is C22H27ClFIN6O. The molecule has 1 aromatic carbocycles. The number of fused-ring (bicyclic) bond motifs is 1. The fourth-order valence-corrected chi connectivity index (χ4v) is 5.16. The third-order valence-electron chi connectivity index (χ3n) is 6.05. The van der Waals surface area contributed by atoms with E-state index in [0.29, 0.717) is 38.5 Å². The van der Waals surface area contributed by atoms with Crippen LogP contribution in [0.3, 0.4) is 0 Å². The van der Waals surface area contributed by atoms with E-state index in [1.165, 1.54) is 6.33 Å². The maximum absolute atomic E-state index is 15.3. The van der Waals surface area contributed by atoms with Crippen LogP contribution in [0.1, 0.15) is 57.7 Å². The minimum atomic E-state index is -0.406. The van der Waals surface area contributed by atoms with Crippen molar-refractivity contribution in [3.8, 4) is 5.75 Å². The molecule has 4 rings (SSSR count). The Bertz CT molecular complexity index is 1170. The Kier molecular flexibility index (Phi) is 6.28. The van der Waals surface area contributed by atoms with Gasteiger partial charge < -0.3 is 10.5 Å². The number of likely N-dealkylation sites (tertiary alicyclic amines) is 1. The fourth-order valence-electron chi connectivity index (χ4n) is 4.19. The van der Waals surface area contributed by atoms with Crippen LogP contribution in [0.5, 0.6) is 5.75 Å². The molecule has 2 N–H and O–H groups in total. The number of benzene rings is 1. The van der Waals surface area contributed by atoms with E-state index in [0.717, 1.165) is 18.7 Å². The molecule has 0 saturated carbocycles. The van der Waals surface area contributed by atoms with E-state index in [1.54, 1.807) is 10.7 Å². The summed E-state index contributed by atoms with van der Waals surface area (Å²) >= 11 is 8.52. The Morgan fingerprint density at radius 1 is 1.34 bits per heavy atom. The number of hydrogen-bond donors (Lipinski definition) is 1. The Morgan fingerprint density at radius 3 is 2.66 bits per heavy atom. The summed E-state index contributed by atoms with van der Waals surface area (Å²) in [5, 5.41) is 5.44. The monoisotopic (exact) mass is 572 g/mol. The quantitative estimate of drug-likeness (QED) is 0.433. The average molecular weight is 573 g/mol. The number of hydrogen-bond acceptors (Lipinski definition) is 6. The van der Waals surface area contributed by atoms with Gasteiger partial charge in [0.15, 0.2) is 5.65 Å². The molecular weight excluding hydrogens is 546 g/mol. The van der Waals surface area contributed by atoms with Crippen LogP contribution in [0.2, 0.25) is 5.02 Å². The summed E-state index contributed by atoms with van der Waals surface area (Å²) < 4.78 is 23.9. The topological polar surface area (TPSA) is 82.1 Å². The van der Waals surface area contributed by atoms with Crippen molar-refractivity contribution in [2.24, 2.45) is 0 Å². The lowest BCUT2D eigenvalue weighted by atomic mass is 9.84. The predicted molar refractivity (Wildman–Crippen MR) is 133 cm³/mol. The third-order valence-corrected chi connectivity index (χ3v) is 7.08. The first-order valence-electron chi connectivity index (χ1n) is 10.6. The van der Waals surface area contributed by atoms with Gasteiger partial charge in [-0.05, 0) is 63.3 Å². The van der Waals surface area contributed by atoms with E-state index in [-0.39, 0.29) is 22.5 Å². The van der Waals surface area contributed by atoms with Gasteiger partial charge in [-0.3, -0.25) is 4.90 Å². The standard InChI is InChI=1S/C22H27ClFIN6O/c1-6-32-18-13(11(2)31-21-16(19(25)29-31)20(26)27-10-28-21)7-14(23)17(24)15(18)12-8-30(9-12)22(3,4)5/h7,10-12H,6,8-9H2,1-5H3,(H2,26,27,28). The van der Waals surface area contributed by atoms with Crippen molar-refractivity contribution in [3.63, 3.8) is 0 Å². The van der Waals surface area contributed by atoms with Crippen molar-refractivity contribution in [3.05, 3.63) is 38.1 Å². The van der Waals surface area contributed by atoms with Gasteiger partial charge in [-0.1, -0.05) is 11.6 Å². The van der Waals surface area contributed by atoms with Crippen LogP contribution in [-0.2, 0) is 0 Å². The maximum atomic E-state index is 15.3. The van der Waals surface area contributed by atoms with Crippen molar-refractivity contribution in [2.45, 2.75) is 52.1 Å². The lowest BCUT2D eigenvalue weighted by molar-refractivity contribution is 0.0446. The van der Waals surface area contributed by atoms with Crippen LogP contribution in [-0.4, -0.2) is 49.9 Å². The molecule has 10 heteroatoms. The van der Waals surface area contributed by atoms with Crippen molar-refractivity contribution < 1.29 is 9.13 Å². The highest BCUT2D eigenvalue weighted by Gasteiger charge is 2.39. The van der Waals surface area contributed by atoms with Crippen LogP contribution in [0.15, 0.2) is 12.4 Å². The van der Waals surface area contributed by atoms with Crippen LogP contribution in [0, 0.1) is 9.52 Å². The van der Waals surface area contributed by atoms with E-state index < -0.39 is 5.82 Å². The van der Waals surface area contributed by atoms with Gasteiger partial charge in [0.25, 0.3) is 0 Å². The van der Waals surface area contributed by atoms with Gasteiger partial charge in [-0.2, -0.15) is 5.10 Å². The third kappa shape index (κ3) is 3.92. The Labute approximate surface area is 205 Å². The molecule has 1 saturated heterocycles. The Hall–Kier alpha value is -1.72. The molecule has 1 unspecified atom stereocenters. The summed E-state index contributed by atoms with van der Waals surface area (Å²) in [6.45, 7) is 12.3. The highest BCUT2D eigenvalue weighted by molar-refractivity contribution is 14.1. The number of aromatic nitrogens is 4. The first-order valence-corrected chi connectivity index (χ1v) is 12.0. The van der Waals surface area contributed by atoms with E-state index in [9.17, 15) is 0 Å². The molecule has 1 aliphatic heterocycles. The molecule has 0 amide bonds. The molecule has 0 radical (unpaired) electrons. The van der Waals surface area contributed by atoms with Gasteiger partial charge in [0.2, 0.25) is 0 Å². The minimum absolute atomic E-state index is 0.00731. The van der Waals surface area contributed by atoms with Gasteiger partial charge in [0.1, 0.15) is 27.4 Å². The second kappa shape index (κ2) is 8.57. The lowest BCUT2D eigenvalue weighted by Gasteiger charge is -2.48. The predicted octanol–water partition coefficient (Wildman–Crippen LogP) is 5.01. The summed E-state index contributed by atoms with van der Waals surface area (Å²) in [5.74, 6) is 0.516. The largest absolute Gasteiger partial charge is 0.493 e. The highest BCUT2D eigenvalue weighted by atomic mass is 127. The number of nitrogens with two attached hydrogens (primary N) is 1. The van der Waals surface area contributed by atoms with Crippen molar-refractivity contribution in [2.75, 3.05) is 25.4 Å². The van der Waals surface area contributed by atoms with E-state index in [2.05, 4.69) is 63.3 Å². The van der Waals surface area contributed by atoms with Gasteiger partial charge in [-0.15, -0.1) is 0 Å². The summed E-state index contributed by atoms with van der Waals surface area (Å²) in [5.41, 5.74) is 8.00. The Morgan fingerprint density at radius 2 is 2.03 bits per heavy atom. The number of nitrogens with zero attached hydrogens (tertiary/aromatic N) is 5. The minimum Gasteiger partial charge on any atom is -0.493 e. The number of ether oxygens (including phenoxy) is 1. The highest BCUT2D eigenvalue weighted by Crippen LogP contribution is 2.45. The Balaban J connectivity index is 1.83. The van der Waals surface area contributed by atoms with Crippen LogP contribution >= 0.6 is 34.2 Å². The van der Waals surface area contributed by atoms with Gasteiger partial charge in [0.05, 0.1) is 23.1 Å². The lowest BCUT2D eigenvalue weighted by Crippen LogP contribution is -2.54. The fraction of sp³-hybridized carbons (Fsp3) is 0.500. The smallest absolute Gasteiger partial charge is 0.165 e. The number of rotatable bonds is 5. The zero-order valence-electron chi connectivity index (χ0n) is 18.8. The normalized spacial score (nSPS) is 16.4. The van der Waals surface area contributed by atoms with Crippen molar-refractivity contribution in [1.29, 1.82) is 0 Å². The molecule has 0 aliphatic carbocycles. The molecule has 1 aliphatic rings. The molecule has 0 spiro atoms. The summed E-state index contributed by atoms with van der Waals surface area (Å²) in [6.07, 6.45) is 1.42. The molecule has 7 nitrogen and oxygen atoms in total. The summed E-state index contributed by atoms with van der Waals surface area (Å²) in [6, 6.07) is 1.33. The van der Waals surface area contributed by atoms with E-state index in [1.807, 2.05) is 13.8 Å². The van der Waals surface area contributed by atoms with Crippen molar-refractivity contribution >= 4 is 51.0 Å². The van der Waals surface area contributed by atoms with Crippen LogP contribution < -0.4 is 10.5 Å². The number of nitrogen functional groups attached to an aromatic ring is 1. The van der Waals surface area contributed by atoms with Gasteiger partial charge in [0, 0.05) is 35.7 Å². The van der Waals surface area contributed by atoms with E-state index >= 15 is 4.39 Å². The first kappa shape index (κ1) is 23.4. The SMILES string of the molecule is CCOc1c(C(C)n2nc(I)c3c(N)ncnc32)cc(Cl)c(F)c1C1CN(C(C)(C)C)C1. The first-order chi connectivity index (χ1) is 15.0. The molecule has 1 fully saturated rings. The zero-order valence-corrected chi connectivity index (χ0v) is 21.7. The molecule has 172 valence electrons. The number of anilines is 1. The van der Waals surface area contributed by atoms with Gasteiger partial charge in [-0.25, -0.2) is 19.0 Å². The van der Waals surface area contributed by atoms with Crippen LogP contribution in [0.4, 0.5) is 10.2 Å². The van der Waals surface area contributed by atoms with E-state index in [4.69, 9.17) is 22.1 Å². The van der Waals surface area contributed by atoms with Gasteiger partial charge >= 0.3 is 0 Å². The molecule has 0 bridgehead atoms. The summed E-state index contributed by atoms with van der Waals surface area (Å²) in [7, 11) is 0.